The van der Waals surface area contributed by atoms with Gasteiger partial charge in [0.05, 0.1) is 12.0 Å². The van der Waals surface area contributed by atoms with E-state index in [1.807, 2.05) is 6.92 Å². The Morgan fingerprint density at radius 2 is 1.81 bits per heavy atom. The van der Waals surface area contributed by atoms with Gasteiger partial charge in [-0.3, -0.25) is 14.0 Å². The number of unbranched alkanes of at least 4 members (excludes halogenated alkanes) is 2. The van der Waals surface area contributed by atoms with Crippen molar-refractivity contribution in [3.8, 4) is 0 Å². The van der Waals surface area contributed by atoms with Gasteiger partial charge in [0.1, 0.15) is 34.1 Å². The van der Waals surface area contributed by atoms with E-state index in [9.17, 15) is 23.2 Å². The number of nitrogens with zero attached hydrogens (tertiary/aromatic N) is 4. The number of fused-ring (bicyclic) bond motifs is 2. The number of pyridine rings is 2. The number of hydrogen-bond donors (Lipinski definition) is 0. The molecule has 3 heterocycles. The Hall–Kier alpha value is -4.21. The number of ether oxygens (including phenoxy) is 1. The summed E-state index contributed by atoms with van der Waals surface area (Å²) in [7, 11) is 0. The van der Waals surface area contributed by atoms with Crippen molar-refractivity contribution in [1.82, 2.24) is 14.0 Å². The lowest BCUT2D eigenvalue weighted by Crippen LogP contribution is -2.33. The van der Waals surface area contributed by atoms with E-state index >= 15 is 0 Å². The average Bonchev–Trinajstić information content (AvgIpc) is 2.85. The lowest BCUT2D eigenvalue weighted by Gasteiger charge is -2.15. The molecule has 1 amide bonds. The number of carbonyl (C=O) groups excluding carboxylic acids is 2. The molecule has 0 radical (unpaired) electrons. The van der Waals surface area contributed by atoms with Crippen molar-refractivity contribution in [2.24, 2.45) is 4.99 Å². The van der Waals surface area contributed by atoms with E-state index in [-0.39, 0.29) is 35.2 Å². The van der Waals surface area contributed by atoms with Crippen LogP contribution in [0, 0.1) is 11.6 Å². The largest absolute Gasteiger partial charge is 0.462 e. The second-order valence-corrected chi connectivity index (χ2v) is 8.06. The lowest BCUT2D eigenvalue weighted by atomic mass is 10.1. The van der Waals surface area contributed by atoms with Crippen molar-refractivity contribution in [2.75, 3.05) is 6.61 Å². The molecule has 3 aromatic heterocycles. The molecule has 4 aromatic rings. The van der Waals surface area contributed by atoms with E-state index in [1.165, 1.54) is 15.0 Å². The highest BCUT2D eigenvalue weighted by atomic mass is 19.1. The van der Waals surface area contributed by atoms with Gasteiger partial charge in [-0.05, 0) is 43.7 Å². The third-order valence-electron chi connectivity index (χ3n) is 5.65. The van der Waals surface area contributed by atoms with Crippen LogP contribution >= 0.6 is 0 Å². The summed E-state index contributed by atoms with van der Waals surface area (Å²) in [5, 5.41) is 0.113. The van der Waals surface area contributed by atoms with Crippen LogP contribution in [-0.2, 0) is 11.3 Å². The van der Waals surface area contributed by atoms with Gasteiger partial charge in [0.2, 0.25) is 0 Å². The Labute approximate surface area is 204 Å². The third kappa shape index (κ3) is 4.66. The highest BCUT2D eigenvalue weighted by Crippen LogP contribution is 2.15. The van der Waals surface area contributed by atoms with E-state index in [4.69, 9.17) is 4.74 Å². The summed E-state index contributed by atoms with van der Waals surface area (Å²) >= 11 is 0. The second-order valence-electron chi connectivity index (χ2n) is 8.06. The summed E-state index contributed by atoms with van der Waals surface area (Å²) in [6, 6.07) is 9.34. The van der Waals surface area contributed by atoms with Crippen LogP contribution in [0.1, 0.15) is 53.8 Å². The minimum absolute atomic E-state index is 0.0248. The normalized spacial score (nSPS) is 11.8. The number of esters is 1. The Balaban J connectivity index is 2.12. The molecule has 0 bridgehead atoms. The third-order valence-corrected chi connectivity index (χ3v) is 5.65. The van der Waals surface area contributed by atoms with Gasteiger partial charge in [-0.25, -0.2) is 18.6 Å². The smallest absolute Gasteiger partial charge is 0.341 e. The Kier molecular flexibility index (Phi) is 7.33. The molecule has 36 heavy (non-hydrogen) atoms. The lowest BCUT2D eigenvalue weighted by molar-refractivity contribution is 0.0523. The summed E-state index contributed by atoms with van der Waals surface area (Å²) in [4.78, 5) is 47.8. The summed E-state index contributed by atoms with van der Waals surface area (Å²) in [5.74, 6) is -4.21. The van der Waals surface area contributed by atoms with Crippen LogP contribution in [0.3, 0.4) is 0 Å². The first-order valence-corrected chi connectivity index (χ1v) is 11.6. The van der Waals surface area contributed by atoms with Crippen molar-refractivity contribution in [1.29, 1.82) is 0 Å². The molecule has 0 saturated heterocycles. The molecule has 4 rings (SSSR count). The predicted octanol–water partition coefficient (Wildman–Crippen LogP) is 4.04. The van der Waals surface area contributed by atoms with Crippen LogP contribution in [0.25, 0.3) is 16.7 Å². The number of benzene rings is 1. The van der Waals surface area contributed by atoms with Crippen molar-refractivity contribution in [2.45, 2.75) is 39.7 Å². The van der Waals surface area contributed by atoms with E-state index < -0.39 is 34.6 Å². The molecule has 0 aliphatic heterocycles. The van der Waals surface area contributed by atoms with E-state index in [2.05, 4.69) is 9.98 Å². The zero-order chi connectivity index (χ0) is 25.8. The monoisotopic (exact) mass is 494 g/mol. The number of carbonyl (C=O) groups is 2. The fraction of sp³-hybridized carbons (Fsp3) is 0.269. The van der Waals surface area contributed by atoms with Crippen LogP contribution < -0.4 is 11.0 Å². The molecule has 0 spiro atoms. The number of aromatic nitrogens is 3. The van der Waals surface area contributed by atoms with Crippen molar-refractivity contribution < 1.29 is 23.1 Å². The van der Waals surface area contributed by atoms with Crippen molar-refractivity contribution >= 4 is 28.6 Å². The topological polar surface area (TPSA) is 95.0 Å². The second kappa shape index (κ2) is 10.6. The van der Waals surface area contributed by atoms with Crippen LogP contribution in [0.2, 0.25) is 0 Å². The molecular weight excluding hydrogens is 470 g/mol. The Morgan fingerprint density at radius 1 is 1.06 bits per heavy atom. The van der Waals surface area contributed by atoms with Crippen molar-refractivity contribution in [3.63, 3.8) is 0 Å². The Bertz CT molecular complexity index is 1590. The molecule has 0 aliphatic carbocycles. The van der Waals surface area contributed by atoms with Gasteiger partial charge in [0.15, 0.2) is 5.49 Å². The van der Waals surface area contributed by atoms with Crippen LogP contribution in [-0.4, -0.2) is 32.4 Å². The van der Waals surface area contributed by atoms with E-state index in [1.54, 1.807) is 31.3 Å². The van der Waals surface area contributed by atoms with E-state index in [0.29, 0.717) is 12.1 Å². The molecule has 0 atom stereocenters. The van der Waals surface area contributed by atoms with Gasteiger partial charge in [0, 0.05) is 12.7 Å². The molecule has 1 aromatic carbocycles. The molecular formula is C26H24F2N4O4. The minimum atomic E-state index is -1.21. The fourth-order valence-corrected chi connectivity index (χ4v) is 3.94. The van der Waals surface area contributed by atoms with Gasteiger partial charge in [0.25, 0.3) is 11.5 Å². The minimum Gasteiger partial charge on any atom is -0.462 e. The molecule has 0 aliphatic rings. The molecule has 0 unspecified atom stereocenters. The molecule has 8 nitrogen and oxygen atoms in total. The summed E-state index contributed by atoms with van der Waals surface area (Å²) in [6.45, 7) is 3.89. The number of hydrogen-bond acceptors (Lipinski definition) is 5. The summed E-state index contributed by atoms with van der Waals surface area (Å²) < 4.78 is 36.6. The van der Waals surface area contributed by atoms with Gasteiger partial charge in [-0.1, -0.05) is 31.9 Å². The SMILES string of the molecule is CCCCCn1c(=NC(=O)c2c(F)cccc2F)c(C(=O)OCC)cc2c(=O)n3ccccc3nc21. The van der Waals surface area contributed by atoms with Gasteiger partial charge in [-0.15, -0.1) is 0 Å². The maximum Gasteiger partial charge on any atom is 0.341 e. The Morgan fingerprint density at radius 3 is 2.50 bits per heavy atom. The number of halogens is 2. The highest BCUT2D eigenvalue weighted by Gasteiger charge is 2.22. The molecule has 0 fully saturated rings. The van der Waals surface area contributed by atoms with Crippen molar-refractivity contribution in [3.05, 3.63) is 87.3 Å². The first kappa shape index (κ1) is 24.9. The maximum absolute atomic E-state index is 14.3. The zero-order valence-electron chi connectivity index (χ0n) is 19.8. The van der Waals surface area contributed by atoms with Gasteiger partial charge < -0.3 is 9.30 Å². The van der Waals surface area contributed by atoms with Gasteiger partial charge >= 0.3 is 5.97 Å². The first-order valence-electron chi connectivity index (χ1n) is 11.6. The fourth-order valence-electron chi connectivity index (χ4n) is 3.94. The number of amides is 1. The summed E-state index contributed by atoms with van der Waals surface area (Å²) in [5.41, 5.74) is -1.10. The quantitative estimate of drug-likeness (QED) is 0.220. The first-order chi connectivity index (χ1) is 17.4. The predicted molar refractivity (Wildman–Crippen MR) is 129 cm³/mol. The van der Waals surface area contributed by atoms with Crippen LogP contribution in [0.4, 0.5) is 8.78 Å². The maximum atomic E-state index is 14.3. The molecule has 10 heteroatoms. The van der Waals surface area contributed by atoms with Crippen LogP contribution in [0.5, 0.6) is 0 Å². The number of rotatable bonds is 7. The standard InChI is InChI=1S/C26H24F2N4O4/c1-3-5-7-14-32-22-16(25(34)31-13-8-6-12-20(31)29-22)15-17(26(35)36-4-2)23(32)30-24(33)21-18(27)10-9-11-19(21)28/h6,8-13,15H,3-5,7,14H2,1-2H3. The van der Waals surface area contributed by atoms with Gasteiger partial charge in [-0.2, -0.15) is 4.99 Å². The van der Waals surface area contributed by atoms with E-state index in [0.717, 1.165) is 31.0 Å². The number of aryl methyl sites for hydroxylation is 1. The molecule has 0 saturated carbocycles. The molecule has 186 valence electrons. The highest BCUT2D eigenvalue weighted by molar-refractivity contribution is 5.97. The average molecular weight is 494 g/mol. The zero-order valence-corrected chi connectivity index (χ0v) is 19.8. The summed E-state index contributed by atoms with van der Waals surface area (Å²) in [6.07, 6.45) is 3.85. The van der Waals surface area contributed by atoms with Crippen LogP contribution in [0.15, 0.2) is 58.4 Å². The molecule has 0 N–H and O–H groups in total.